The van der Waals surface area contributed by atoms with Crippen molar-refractivity contribution in [3.8, 4) is 11.5 Å². The van der Waals surface area contributed by atoms with E-state index in [1.165, 1.54) is 0 Å². The smallest absolute Gasteiger partial charge is 0.223 e. The molecule has 1 aliphatic heterocycles. The Labute approximate surface area is 195 Å². The first kappa shape index (κ1) is 23.9. The number of halogens is 1. The summed E-state index contributed by atoms with van der Waals surface area (Å²) < 4.78 is 10.7. The van der Waals surface area contributed by atoms with E-state index in [-0.39, 0.29) is 17.4 Å². The molecule has 0 radical (unpaired) electrons. The van der Waals surface area contributed by atoms with Gasteiger partial charge in [0.05, 0.1) is 26.5 Å². The lowest BCUT2D eigenvalue weighted by Gasteiger charge is -2.28. The predicted octanol–water partition coefficient (Wildman–Crippen LogP) is 5.32. The Morgan fingerprint density at radius 2 is 1.91 bits per heavy atom. The maximum absolute atomic E-state index is 13.1. The summed E-state index contributed by atoms with van der Waals surface area (Å²) in [5.74, 6) is 1.38. The van der Waals surface area contributed by atoms with Crippen LogP contribution in [-0.2, 0) is 16.2 Å². The van der Waals surface area contributed by atoms with Gasteiger partial charge in [-0.3, -0.25) is 4.79 Å². The highest BCUT2D eigenvalue weighted by molar-refractivity contribution is 6.30. The Hall–Kier alpha value is -2.73. The van der Waals surface area contributed by atoms with Gasteiger partial charge >= 0.3 is 0 Å². The van der Waals surface area contributed by atoms with E-state index in [4.69, 9.17) is 25.9 Å². The fraction of sp³-hybridized carbons (Fsp3) is 0.440. The number of carbonyl (C=O) groups is 1. The molecular weight excluding hydrogens is 428 g/mol. The summed E-state index contributed by atoms with van der Waals surface area (Å²) in [7, 11) is 3.21. The van der Waals surface area contributed by atoms with E-state index in [1.54, 1.807) is 14.2 Å². The minimum absolute atomic E-state index is 0.0839. The fourth-order valence-electron chi connectivity index (χ4n) is 3.63. The summed E-state index contributed by atoms with van der Waals surface area (Å²) in [5, 5.41) is 4.94. The topological polar surface area (TPSA) is 60.4 Å². The molecule has 172 valence electrons. The molecule has 0 aliphatic carbocycles. The number of hydrogen-bond acceptors (Lipinski definition) is 5. The van der Waals surface area contributed by atoms with Gasteiger partial charge in [-0.2, -0.15) is 0 Å². The van der Waals surface area contributed by atoms with Crippen LogP contribution in [0.3, 0.4) is 0 Å². The first-order chi connectivity index (χ1) is 15.2. The van der Waals surface area contributed by atoms with Crippen molar-refractivity contribution in [3.05, 3.63) is 58.6 Å². The Morgan fingerprint density at radius 3 is 2.56 bits per heavy atom. The zero-order valence-electron chi connectivity index (χ0n) is 19.4. The predicted molar refractivity (Wildman–Crippen MR) is 127 cm³/mol. The SMILES string of the molecule is COc1ccc(C2=NO[C@@H](CN(Cc3cccc(Cl)c3)C(=O)CC(C)(C)C)C2)cc1OC. The molecule has 1 atom stereocenters. The van der Waals surface area contributed by atoms with Gasteiger partial charge in [0.15, 0.2) is 17.6 Å². The molecule has 1 amide bonds. The Balaban J connectivity index is 1.72. The number of oxime groups is 1. The van der Waals surface area contributed by atoms with Gasteiger partial charge in [-0.15, -0.1) is 0 Å². The molecule has 0 fully saturated rings. The molecule has 1 aliphatic rings. The first-order valence-corrected chi connectivity index (χ1v) is 11.0. The quantitative estimate of drug-likeness (QED) is 0.537. The van der Waals surface area contributed by atoms with Crippen LogP contribution < -0.4 is 9.47 Å². The normalized spacial score (nSPS) is 15.7. The summed E-state index contributed by atoms with van der Waals surface area (Å²) >= 11 is 6.15. The van der Waals surface area contributed by atoms with E-state index in [0.717, 1.165) is 16.8 Å². The van der Waals surface area contributed by atoms with E-state index in [9.17, 15) is 4.79 Å². The molecule has 32 heavy (non-hydrogen) atoms. The summed E-state index contributed by atoms with van der Waals surface area (Å²) in [6.07, 6.45) is 0.828. The van der Waals surface area contributed by atoms with Crippen molar-refractivity contribution in [1.82, 2.24) is 4.90 Å². The average Bonchev–Trinajstić information content (AvgIpc) is 3.20. The van der Waals surface area contributed by atoms with Crippen LogP contribution in [0.2, 0.25) is 5.02 Å². The number of hydrogen-bond donors (Lipinski definition) is 0. The van der Waals surface area contributed by atoms with Gasteiger partial charge in [0.1, 0.15) is 0 Å². The van der Waals surface area contributed by atoms with Gasteiger partial charge in [-0.25, -0.2) is 0 Å². The second-order valence-corrected chi connectivity index (χ2v) is 9.62. The van der Waals surface area contributed by atoms with Crippen LogP contribution in [0.1, 0.15) is 44.7 Å². The third kappa shape index (κ3) is 6.39. The van der Waals surface area contributed by atoms with E-state index in [1.807, 2.05) is 47.4 Å². The van der Waals surface area contributed by atoms with Crippen LogP contribution >= 0.6 is 11.6 Å². The molecule has 3 rings (SSSR count). The Kier molecular flexibility index (Phi) is 7.67. The molecule has 1 heterocycles. The molecule has 6 nitrogen and oxygen atoms in total. The highest BCUT2D eigenvalue weighted by Gasteiger charge is 2.29. The van der Waals surface area contributed by atoms with Crippen LogP contribution in [-0.4, -0.2) is 43.4 Å². The summed E-state index contributed by atoms with van der Waals surface area (Å²) in [4.78, 5) is 20.7. The van der Waals surface area contributed by atoms with Crippen LogP contribution in [0.15, 0.2) is 47.6 Å². The molecule has 0 spiro atoms. The monoisotopic (exact) mass is 458 g/mol. The molecule has 2 aromatic rings. The number of methoxy groups -OCH3 is 2. The number of amides is 1. The standard InChI is InChI=1S/C25H31ClN2O4/c1-25(2,3)14-24(29)28(15-17-7-6-8-19(26)11-17)16-20-13-21(27-32-20)18-9-10-22(30-4)23(12-18)31-5/h6-12,20H,13-16H2,1-5H3/t20-/m1/s1. The van der Waals surface area contributed by atoms with Crippen molar-refractivity contribution >= 4 is 23.2 Å². The zero-order chi connectivity index (χ0) is 23.3. The molecule has 7 heteroatoms. The molecule has 0 aromatic heterocycles. The molecule has 0 N–H and O–H groups in total. The average molecular weight is 459 g/mol. The number of ether oxygens (including phenoxy) is 2. The third-order valence-corrected chi connectivity index (χ3v) is 5.41. The number of nitrogens with zero attached hydrogens (tertiary/aromatic N) is 2. The van der Waals surface area contributed by atoms with Crippen LogP contribution in [0.4, 0.5) is 0 Å². The van der Waals surface area contributed by atoms with Gasteiger partial charge in [0.25, 0.3) is 0 Å². The lowest BCUT2D eigenvalue weighted by molar-refractivity contribution is -0.135. The summed E-state index contributed by atoms with van der Waals surface area (Å²) in [6, 6.07) is 13.3. The molecular formula is C25H31ClN2O4. The maximum atomic E-state index is 13.1. The van der Waals surface area contributed by atoms with Crippen molar-refractivity contribution in [2.75, 3.05) is 20.8 Å². The van der Waals surface area contributed by atoms with E-state index in [2.05, 4.69) is 25.9 Å². The Morgan fingerprint density at radius 1 is 1.16 bits per heavy atom. The second kappa shape index (κ2) is 10.3. The molecule has 0 saturated carbocycles. The third-order valence-electron chi connectivity index (χ3n) is 5.17. The zero-order valence-corrected chi connectivity index (χ0v) is 20.1. The van der Waals surface area contributed by atoms with E-state index >= 15 is 0 Å². The lowest BCUT2D eigenvalue weighted by atomic mass is 9.91. The fourth-order valence-corrected chi connectivity index (χ4v) is 3.85. The van der Waals surface area contributed by atoms with Gasteiger partial charge in [0, 0.05) is 30.0 Å². The van der Waals surface area contributed by atoms with Crippen molar-refractivity contribution in [2.45, 2.75) is 46.3 Å². The van der Waals surface area contributed by atoms with Crippen LogP contribution in [0, 0.1) is 5.41 Å². The van der Waals surface area contributed by atoms with Gasteiger partial charge in [-0.1, -0.05) is 49.7 Å². The highest BCUT2D eigenvalue weighted by atomic mass is 35.5. The molecule has 2 aromatic carbocycles. The highest BCUT2D eigenvalue weighted by Crippen LogP contribution is 2.30. The largest absolute Gasteiger partial charge is 0.493 e. The minimum Gasteiger partial charge on any atom is -0.493 e. The first-order valence-electron chi connectivity index (χ1n) is 10.7. The Bertz CT molecular complexity index is 984. The van der Waals surface area contributed by atoms with E-state index < -0.39 is 0 Å². The van der Waals surface area contributed by atoms with Crippen molar-refractivity contribution in [2.24, 2.45) is 10.6 Å². The minimum atomic E-state index is -0.221. The number of benzene rings is 2. The second-order valence-electron chi connectivity index (χ2n) is 9.18. The number of carbonyl (C=O) groups excluding carboxylic acids is 1. The van der Waals surface area contributed by atoms with Gasteiger partial charge in [0.2, 0.25) is 5.91 Å². The van der Waals surface area contributed by atoms with Crippen molar-refractivity contribution < 1.29 is 19.1 Å². The summed E-state index contributed by atoms with van der Waals surface area (Å²) in [5.41, 5.74) is 2.61. The molecule has 0 unspecified atom stereocenters. The van der Waals surface area contributed by atoms with Crippen molar-refractivity contribution in [1.29, 1.82) is 0 Å². The van der Waals surface area contributed by atoms with Crippen LogP contribution in [0.5, 0.6) is 11.5 Å². The van der Waals surface area contributed by atoms with Gasteiger partial charge in [-0.05, 0) is 41.3 Å². The van der Waals surface area contributed by atoms with Crippen molar-refractivity contribution in [3.63, 3.8) is 0 Å². The van der Waals surface area contributed by atoms with E-state index in [0.29, 0.717) is 42.5 Å². The summed E-state index contributed by atoms with van der Waals surface area (Å²) in [6.45, 7) is 7.11. The van der Waals surface area contributed by atoms with Crippen LogP contribution in [0.25, 0.3) is 0 Å². The molecule has 0 saturated heterocycles. The maximum Gasteiger partial charge on any atom is 0.223 e. The number of rotatable bonds is 8. The molecule has 0 bridgehead atoms. The van der Waals surface area contributed by atoms with Gasteiger partial charge < -0.3 is 19.2 Å². The lowest BCUT2D eigenvalue weighted by Crippen LogP contribution is -2.38.